The van der Waals surface area contributed by atoms with Crippen LogP contribution in [0, 0.1) is 12.8 Å². The fourth-order valence-electron chi connectivity index (χ4n) is 2.90. The normalized spacial score (nSPS) is 18.1. The molecule has 5 heteroatoms. The summed E-state index contributed by atoms with van der Waals surface area (Å²) in [7, 11) is 0. The van der Waals surface area contributed by atoms with E-state index in [1.165, 1.54) is 43.4 Å². The zero-order chi connectivity index (χ0) is 14.5. The summed E-state index contributed by atoms with van der Waals surface area (Å²) < 4.78 is 5.94. The SMILES string of the molecule is CCOC(c1nc(C)c(CC(=O)O)s1)C1CCCCC1. The molecule has 112 valence electrons. The van der Waals surface area contributed by atoms with Gasteiger partial charge in [-0.2, -0.15) is 0 Å². The molecule has 0 amide bonds. The van der Waals surface area contributed by atoms with E-state index >= 15 is 0 Å². The van der Waals surface area contributed by atoms with E-state index < -0.39 is 5.97 Å². The Bertz CT molecular complexity index is 452. The van der Waals surface area contributed by atoms with Gasteiger partial charge in [-0.15, -0.1) is 11.3 Å². The third kappa shape index (κ3) is 3.79. The maximum atomic E-state index is 10.9. The molecule has 1 aromatic rings. The first-order valence-corrected chi connectivity index (χ1v) is 8.23. The quantitative estimate of drug-likeness (QED) is 0.869. The van der Waals surface area contributed by atoms with Gasteiger partial charge in [0, 0.05) is 11.5 Å². The predicted octanol–water partition coefficient (Wildman–Crippen LogP) is 3.74. The second kappa shape index (κ2) is 7.18. The number of ether oxygens (including phenoxy) is 1. The van der Waals surface area contributed by atoms with Crippen LogP contribution in [0.1, 0.15) is 60.7 Å². The van der Waals surface area contributed by atoms with Crippen molar-refractivity contribution in [3.05, 3.63) is 15.6 Å². The zero-order valence-corrected chi connectivity index (χ0v) is 13.0. The summed E-state index contributed by atoms with van der Waals surface area (Å²) in [4.78, 5) is 16.3. The van der Waals surface area contributed by atoms with Crippen molar-refractivity contribution < 1.29 is 14.6 Å². The molecule has 0 bridgehead atoms. The van der Waals surface area contributed by atoms with Gasteiger partial charge in [0.05, 0.1) is 12.1 Å². The lowest BCUT2D eigenvalue weighted by molar-refractivity contribution is -0.136. The van der Waals surface area contributed by atoms with E-state index in [1.807, 2.05) is 13.8 Å². The van der Waals surface area contributed by atoms with Crippen molar-refractivity contribution in [2.24, 2.45) is 5.92 Å². The van der Waals surface area contributed by atoms with Crippen molar-refractivity contribution in [1.29, 1.82) is 0 Å². The number of nitrogens with zero attached hydrogens (tertiary/aromatic N) is 1. The monoisotopic (exact) mass is 297 g/mol. The molecule has 1 unspecified atom stereocenters. The molecule has 1 aliphatic carbocycles. The summed E-state index contributed by atoms with van der Waals surface area (Å²) in [5.74, 6) is -0.263. The van der Waals surface area contributed by atoms with Crippen LogP contribution in [0.15, 0.2) is 0 Å². The number of hydrogen-bond acceptors (Lipinski definition) is 4. The molecular weight excluding hydrogens is 274 g/mol. The minimum Gasteiger partial charge on any atom is -0.481 e. The van der Waals surface area contributed by atoms with Crippen LogP contribution in [0.5, 0.6) is 0 Å². The average molecular weight is 297 g/mol. The van der Waals surface area contributed by atoms with Crippen molar-refractivity contribution in [3.8, 4) is 0 Å². The van der Waals surface area contributed by atoms with Crippen LogP contribution in [0.25, 0.3) is 0 Å². The molecule has 1 atom stereocenters. The van der Waals surface area contributed by atoms with E-state index in [4.69, 9.17) is 9.84 Å². The van der Waals surface area contributed by atoms with Gasteiger partial charge in [0.25, 0.3) is 0 Å². The summed E-state index contributed by atoms with van der Waals surface area (Å²) in [6.07, 6.45) is 6.34. The van der Waals surface area contributed by atoms with Crippen LogP contribution in [0.4, 0.5) is 0 Å². The molecule has 1 N–H and O–H groups in total. The Morgan fingerprint density at radius 3 is 2.75 bits per heavy atom. The van der Waals surface area contributed by atoms with Gasteiger partial charge in [-0.1, -0.05) is 19.3 Å². The number of carbonyl (C=O) groups is 1. The summed E-state index contributed by atoms with van der Waals surface area (Å²) in [6, 6.07) is 0. The highest BCUT2D eigenvalue weighted by Crippen LogP contribution is 2.39. The van der Waals surface area contributed by atoms with Crippen molar-refractivity contribution in [1.82, 2.24) is 4.98 Å². The number of hydrogen-bond donors (Lipinski definition) is 1. The largest absolute Gasteiger partial charge is 0.481 e. The lowest BCUT2D eigenvalue weighted by Gasteiger charge is -2.28. The van der Waals surface area contributed by atoms with E-state index in [2.05, 4.69) is 4.98 Å². The third-order valence-corrected chi connectivity index (χ3v) is 5.11. The lowest BCUT2D eigenvalue weighted by Crippen LogP contribution is -2.19. The molecule has 0 radical (unpaired) electrons. The van der Waals surface area contributed by atoms with Crippen LogP contribution in [0.3, 0.4) is 0 Å². The van der Waals surface area contributed by atoms with Crippen molar-refractivity contribution >= 4 is 17.3 Å². The Labute approximate surface area is 124 Å². The molecular formula is C15H23NO3S. The van der Waals surface area contributed by atoms with E-state index in [0.717, 1.165) is 15.6 Å². The summed E-state index contributed by atoms with van der Waals surface area (Å²) in [6.45, 7) is 4.57. The average Bonchev–Trinajstić information content (AvgIpc) is 2.77. The zero-order valence-electron chi connectivity index (χ0n) is 12.2. The Morgan fingerprint density at radius 2 is 2.15 bits per heavy atom. The number of aromatic nitrogens is 1. The van der Waals surface area contributed by atoms with E-state index in [-0.39, 0.29) is 12.5 Å². The maximum Gasteiger partial charge on any atom is 0.308 e. The highest BCUT2D eigenvalue weighted by molar-refractivity contribution is 7.11. The first kappa shape index (κ1) is 15.4. The van der Waals surface area contributed by atoms with E-state index in [1.54, 1.807) is 0 Å². The van der Waals surface area contributed by atoms with Gasteiger partial charge in [0.2, 0.25) is 0 Å². The van der Waals surface area contributed by atoms with E-state index in [9.17, 15) is 4.79 Å². The summed E-state index contributed by atoms with van der Waals surface area (Å²) >= 11 is 1.51. The Morgan fingerprint density at radius 1 is 1.45 bits per heavy atom. The van der Waals surface area contributed by atoms with E-state index in [0.29, 0.717) is 12.5 Å². The van der Waals surface area contributed by atoms with Gasteiger partial charge in [-0.05, 0) is 32.6 Å². The van der Waals surface area contributed by atoms with Crippen LogP contribution in [-0.4, -0.2) is 22.7 Å². The second-order valence-corrected chi connectivity index (χ2v) is 6.52. The smallest absolute Gasteiger partial charge is 0.308 e. The highest BCUT2D eigenvalue weighted by atomic mass is 32.1. The number of thiazole rings is 1. The lowest BCUT2D eigenvalue weighted by atomic mass is 9.85. The van der Waals surface area contributed by atoms with Gasteiger partial charge >= 0.3 is 5.97 Å². The van der Waals surface area contributed by atoms with Gasteiger partial charge in [0.1, 0.15) is 11.1 Å². The number of aliphatic carboxylic acids is 1. The van der Waals surface area contributed by atoms with Gasteiger partial charge in [-0.3, -0.25) is 4.79 Å². The van der Waals surface area contributed by atoms with Crippen LogP contribution >= 0.6 is 11.3 Å². The van der Waals surface area contributed by atoms with Gasteiger partial charge < -0.3 is 9.84 Å². The summed E-state index contributed by atoms with van der Waals surface area (Å²) in [5, 5.41) is 9.90. The molecule has 1 fully saturated rings. The number of aryl methyl sites for hydroxylation is 1. The van der Waals surface area contributed by atoms with Crippen molar-refractivity contribution in [2.45, 2.75) is 58.5 Å². The highest BCUT2D eigenvalue weighted by Gasteiger charge is 2.28. The molecule has 1 aromatic heterocycles. The maximum absolute atomic E-state index is 10.9. The molecule has 2 rings (SSSR count). The predicted molar refractivity (Wildman–Crippen MR) is 79.1 cm³/mol. The summed E-state index contributed by atoms with van der Waals surface area (Å²) in [5.41, 5.74) is 0.841. The topological polar surface area (TPSA) is 59.4 Å². The minimum absolute atomic E-state index is 0.0477. The molecule has 0 spiro atoms. The first-order valence-electron chi connectivity index (χ1n) is 7.41. The Kier molecular flexibility index (Phi) is 5.54. The molecule has 4 nitrogen and oxygen atoms in total. The van der Waals surface area contributed by atoms with Crippen molar-refractivity contribution in [3.63, 3.8) is 0 Å². The molecule has 20 heavy (non-hydrogen) atoms. The Balaban J connectivity index is 2.17. The first-order chi connectivity index (χ1) is 9.61. The molecule has 1 aliphatic rings. The van der Waals surface area contributed by atoms with Crippen LogP contribution < -0.4 is 0 Å². The van der Waals surface area contributed by atoms with Crippen LogP contribution in [0.2, 0.25) is 0 Å². The molecule has 1 saturated carbocycles. The number of rotatable bonds is 6. The number of carboxylic acid groups (broad SMARTS) is 1. The molecule has 1 heterocycles. The molecule has 0 aliphatic heterocycles. The van der Waals surface area contributed by atoms with Gasteiger partial charge in [-0.25, -0.2) is 4.98 Å². The fraction of sp³-hybridized carbons (Fsp3) is 0.733. The number of carboxylic acids is 1. The Hall–Kier alpha value is -0.940. The van der Waals surface area contributed by atoms with Crippen molar-refractivity contribution in [2.75, 3.05) is 6.61 Å². The fourth-order valence-corrected chi connectivity index (χ4v) is 4.10. The van der Waals surface area contributed by atoms with Gasteiger partial charge in [0.15, 0.2) is 0 Å². The molecule has 0 saturated heterocycles. The van der Waals surface area contributed by atoms with Crippen LogP contribution in [-0.2, 0) is 16.0 Å². The third-order valence-electron chi connectivity index (χ3n) is 3.89. The second-order valence-electron chi connectivity index (χ2n) is 5.41. The molecule has 0 aromatic carbocycles. The minimum atomic E-state index is -0.797. The standard InChI is InChI=1S/C15H23NO3S/c1-3-19-14(11-7-5-4-6-8-11)15-16-10(2)12(20-15)9-13(17)18/h11,14H,3-9H2,1-2H3,(H,17,18).